The maximum absolute atomic E-state index is 12.7. The second-order valence-electron chi connectivity index (χ2n) is 6.75. The average molecular weight is 404 g/mol. The molecule has 1 atom stereocenters. The van der Waals surface area contributed by atoms with Gasteiger partial charge in [0.1, 0.15) is 17.8 Å². The molecule has 0 saturated carbocycles. The van der Waals surface area contributed by atoms with Crippen molar-refractivity contribution >= 4 is 17.8 Å². The van der Waals surface area contributed by atoms with Crippen LogP contribution in [0.4, 0.5) is 14.5 Å². The zero-order valence-corrected chi connectivity index (χ0v) is 16.4. The van der Waals surface area contributed by atoms with Crippen molar-refractivity contribution in [2.75, 3.05) is 11.7 Å². The molecule has 0 amide bonds. The van der Waals surface area contributed by atoms with Crippen LogP contribution in [0.3, 0.4) is 0 Å². The fraction of sp³-hybridized carbons (Fsp3) is 0.400. The lowest BCUT2D eigenvalue weighted by Crippen LogP contribution is -2.24. The van der Waals surface area contributed by atoms with E-state index in [4.69, 9.17) is 9.57 Å². The average Bonchev–Trinajstić information content (AvgIpc) is 3.17. The Kier molecular flexibility index (Phi) is 6.48. The maximum Gasteiger partial charge on any atom is 0.286 e. The van der Waals surface area contributed by atoms with Crippen molar-refractivity contribution in [1.29, 1.82) is 0 Å². The van der Waals surface area contributed by atoms with Gasteiger partial charge in [-0.3, -0.25) is 4.79 Å². The molecule has 154 valence electrons. The zero-order chi connectivity index (χ0) is 21.0. The molecule has 0 fully saturated rings. The van der Waals surface area contributed by atoms with Crippen LogP contribution in [0, 0.1) is 13.8 Å². The number of carbonyl (C=O) groups is 1. The number of anilines is 1. The summed E-state index contributed by atoms with van der Waals surface area (Å²) in [4.78, 5) is 20.0. The third kappa shape index (κ3) is 5.11. The first kappa shape index (κ1) is 20.8. The van der Waals surface area contributed by atoms with Crippen LogP contribution in [0.2, 0.25) is 0 Å². The van der Waals surface area contributed by atoms with Crippen molar-refractivity contribution in [2.24, 2.45) is 4.99 Å². The lowest BCUT2D eigenvalue weighted by molar-refractivity contribution is -0.0346. The number of Topliss-reactive ketones (excluding diaryl/α,β-unsaturated/α-hetero) is 1. The van der Waals surface area contributed by atoms with Gasteiger partial charge in [-0.1, -0.05) is 0 Å². The highest BCUT2D eigenvalue weighted by molar-refractivity contribution is 5.91. The van der Waals surface area contributed by atoms with Crippen LogP contribution in [0.5, 0.6) is 5.75 Å². The molecule has 0 aliphatic carbocycles. The smallest absolute Gasteiger partial charge is 0.286 e. The lowest BCUT2D eigenvalue weighted by atomic mass is 10.1. The Bertz CT molecular complexity index is 880. The van der Waals surface area contributed by atoms with Gasteiger partial charge in [0.15, 0.2) is 5.78 Å². The van der Waals surface area contributed by atoms with Gasteiger partial charge in [-0.15, -0.1) is 5.10 Å². The first-order valence-electron chi connectivity index (χ1n) is 9.20. The van der Waals surface area contributed by atoms with E-state index in [0.717, 1.165) is 29.0 Å². The third-order valence-electron chi connectivity index (χ3n) is 4.36. The molecule has 29 heavy (non-hydrogen) atoms. The Morgan fingerprint density at radius 3 is 2.52 bits per heavy atom. The van der Waals surface area contributed by atoms with Gasteiger partial charge < -0.3 is 4.74 Å². The van der Waals surface area contributed by atoms with Crippen molar-refractivity contribution in [1.82, 2.24) is 10.2 Å². The summed E-state index contributed by atoms with van der Waals surface area (Å²) in [5.74, 6) is 0.630. The number of hydrogen-bond acceptors (Lipinski definition) is 7. The standard InChI is InChI=1S/C20H22F2N4O3/c1-12-9-16(26-11-23-20(29-26)19(21)22)10-13(2)18(12)28-8-4-5-15-6-7-17(14(3)27)25-24-15/h6-7,9-11,19-20H,4-5,8H2,1-3H3. The van der Waals surface area contributed by atoms with Gasteiger partial charge in [0, 0.05) is 6.92 Å². The summed E-state index contributed by atoms with van der Waals surface area (Å²) in [5, 5.41) is 9.17. The number of benzene rings is 1. The molecule has 7 nitrogen and oxygen atoms in total. The topological polar surface area (TPSA) is 76.9 Å². The molecular formula is C20H22F2N4O3. The van der Waals surface area contributed by atoms with Gasteiger partial charge in [-0.25, -0.2) is 23.7 Å². The van der Waals surface area contributed by atoms with Crippen molar-refractivity contribution in [3.63, 3.8) is 0 Å². The monoisotopic (exact) mass is 404 g/mol. The highest BCUT2D eigenvalue weighted by Crippen LogP contribution is 2.31. The molecule has 2 aromatic rings. The van der Waals surface area contributed by atoms with E-state index in [0.29, 0.717) is 24.4 Å². The second-order valence-corrected chi connectivity index (χ2v) is 6.75. The van der Waals surface area contributed by atoms with E-state index in [9.17, 15) is 13.6 Å². The molecule has 0 radical (unpaired) electrons. The van der Waals surface area contributed by atoms with Crippen LogP contribution in [-0.2, 0) is 11.3 Å². The quantitative estimate of drug-likeness (QED) is 0.493. The molecular weight excluding hydrogens is 382 g/mol. The Morgan fingerprint density at radius 1 is 1.24 bits per heavy atom. The number of hydrogen-bond donors (Lipinski definition) is 0. The number of aryl methyl sites for hydroxylation is 3. The molecule has 1 aliphatic rings. The minimum atomic E-state index is -2.68. The Morgan fingerprint density at radius 2 is 1.97 bits per heavy atom. The molecule has 1 aromatic carbocycles. The number of ether oxygens (including phenoxy) is 1. The molecule has 0 saturated heterocycles. The summed E-state index contributed by atoms with van der Waals surface area (Å²) in [7, 11) is 0. The maximum atomic E-state index is 12.7. The summed E-state index contributed by atoms with van der Waals surface area (Å²) >= 11 is 0. The van der Waals surface area contributed by atoms with Crippen molar-refractivity contribution < 1.29 is 23.1 Å². The van der Waals surface area contributed by atoms with Crippen molar-refractivity contribution in [3.8, 4) is 5.75 Å². The number of aliphatic imine (C=N–C) groups is 1. The molecule has 1 aliphatic heterocycles. The van der Waals surface area contributed by atoms with E-state index in [1.54, 1.807) is 24.3 Å². The number of hydroxylamine groups is 1. The first-order chi connectivity index (χ1) is 13.8. The summed E-state index contributed by atoms with van der Waals surface area (Å²) in [5.41, 5.74) is 3.48. The number of halogens is 2. The number of rotatable bonds is 8. The Balaban J connectivity index is 1.55. The molecule has 9 heteroatoms. The summed E-state index contributed by atoms with van der Waals surface area (Å²) < 4.78 is 31.3. The van der Waals surface area contributed by atoms with E-state index in [2.05, 4.69) is 15.2 Å². The molecule has 0 spiro atoms. The number of nitrogens with zero attached hydrogens (tertiary/aromatic N) is 4. The number of aromatic nitrogens is 2. The summed E-state index contributed by atoms with van der Waals surface area (Å²) in [6, 6.07) is 7.06. The van der Waals surface area contributed by atoms with Gasteiger partial charge in [-0.05, 0) is 62.1 Å². The minimum absolute atomic E-state index is 0.114. The zero-order valence-electron chi connectivity index (χ0n) is 16.4. The molecule has 0 N–H and O–H groups in total. The number of alkyl halides is 2. The van der Waals surface area contributed by atoms with Crippen LogP contribution < -0.4 is 9.80 Å². The van der Waals surface area contributed by atoms with E-state index in [1.807, 2.05) is 13.8 Å². The third-order valence-corrected chi connectivity index (χ3v) is 4.36. The number of carbonyl (C=O) groups excluding carboxylic acids is 1. The van der Waals surface area contributed by atoms with Gasteiger partial charge in [0.05, 0.1) is 18.0 Å². The van der Waals surface area contributed by atoms with E-state index < -0.39 is 12.7 Å². The highest BCUT2D eigenvalue weighted by Gasteiger charge is 2.28. The molecule has 1 unspecified atom stereocenters. The minimum Gasteiger partial charge on any atom is -0.493 e. The SMILES string of the molecule is CC(=O)c1ccc(CCCOc2c(C)cc(N3C=NC(C(F)F)O3)cc2C)nn1. The normalized spacial score (nSPS) is 15.9. The second kappa shape index (κ2) is 9.04. The van der Waals surface area contributed by atoms with Gasteiger partial charge >= 0.3 is 0 Å². The van der Waals surface area contributed by atoms with E-state index in [1.165, 1.54) is 18.3 Å². The van der Waals surface area contributed by atoms with Crippen molar-refractivity contribution in [3.05, 3.63) is 46.8 Å². The largest absolute Gasteiger partial charge is 0.493 e. The van der Waals surface area contributed by atoms with E-state index in [-0.39, 0.29) is 5.78 Å². The first-order valence-corrected chi connectivity index (χ1v) is 9.20. The summed E-state index contributed by atoms with van der Waals surface area (Å²) in [6.07, 6.45) is -1.49. The fourth-order valence-corrected chi connectivity index (χ4v) is 2.93. The molecule has 1 aromatic heterocycles. The summed E-state index contributed by atoms with van der Waals surface area (Å²) in [6.45, 7) is 5.70. The highest BCUT2D eigenvalue weighted by atomic mass is 19.3. The van der Waals surface area contributed by atoms with Crippen LogP contribution in [-0.4, -0.2) is 41.6 Å². The van der Waals surface area contributed by atoms with Crippen LogP contribution in [0.15, 0.2) is 29.3 Å². The Hall–Kier alpha value is -2.94. The van der Waals surface area contributed by atoms with Crippen molar-refractivity contribution in [2.45, 2.75) is 46.3 Å². The van der Waals surface area contributed by atoms with Gasteiger partial charge in [0.2, 0.25) is 6.23 Å². The predicted octanol–water partition coefficient (Wildman–Crippen LogP) is 3.68. The van der Waals surface area contributed by atoms with E-state index >= 15 is 0 Å². The van der Waals surface area contributed by atoms with Crippen LogP contribution in [0.1, 0.15) is 40.7 Å². The molecule has 2 heterocycles. The van der Waals surface area contributed by atoms with Gasteiger partial charge in [-0.2, -0.15) is 5.10 Å². The Labute approximate surface area is 167 Å². The lowest BCUT2D eigenvalue weighted by Gasteiger charge is -2.19. The predicted molar refractivity (Wildman–Crippen MR) is 104 cm³/mol. The van der Waals surface area contributed by atoms with Crippen LogP contribution >= 0.6 is 0 Å². The number of ketones is 1. The molecule has 0 bridgehead atoms. The molecule has 3 rings (SSSR count). The fourth-order valence-electron chi connectivity index (χ4n) is 2.93. The van der Waals surface area contributed by atoms with Crippen LogP contribution in [0.25, 0.3) is 0 Å². The van der Waals surface area contributed by atoms with Gasteiger partial charge in [0.25, 0.3) is 6.43 Å².